The van der Waals surface area contributed by atoms with Gasteiger partial charge in [0, 0.05) is 24.8 Å². The van der Waals surface area contributed by atoms with Crippen LogP contribution in [0, 0.1) is 27.4 Å². The summed E-state index contributed by atoms with van der Waals surface area (Å²) in [7, 11) is 1.94. The molecule has 6 heteroatoms. The van der Waals surface area contributed by atoms with Crippen LogP contribution in [0.25, 0.3) is 0 Å². The van der Waals surface area contributed by atoms with Crippen LogP contribution in [0.2, 0.25) is 0 Å². The van der Waals surface area contributed by atoms with Crippen LogP contribution < -0.4 is 10.2 Å². The second-order valence-electron chi connectivity index (χ2n) is 5.08. The number of piperidine rings is 1. The first kappa shape index (κ1) is 14.3. The summed E-state index contributed by atoms with van der Waals surface area (Å²) in [5.74, 6) is 0.578. The summed E-state index contributed by atoms with van der Waals surface area (Å²) in [4.78, 5) is 12.5. The van der Waals surface area contributed by atoms with Crippen LogP contribution in [0.4, 0.5) is 11.4 Å². The lowest BCUT2D eigenvalue weighted by Gasteiger charge is -2.34. The predicted octanol–water partition coefficient (Wildman–Crippen LogP) is 1.90. The fraction of sp³-hybridized carbons (Fsp3) is 0.500. The van der Waals surface area contributed by atoms with Gasteiger partial charge in [-0.2, -0.15) is 5.26 Å². The number of hydrogen-bond acceptors (Lipinski definition) is 5. The van der Waals surface area contributed by atoms with E-state index in [1.54, 1.807) is 12.1 Å². The van der Waals surface area contributed by atoms with Crippen molar-refractivity contribution < 1.29 is 4.92 Å². The Bertz CT molecular complexity index is 536. The Hall–Kier alpha value is -2.13. The van der Waals surface area contributed by atoms with Gasteiger partial charge in [-0.25, -0.2) is 0 Å². The van der Waals surface area contributed by atoms with Crippen molar-refractivity contribution in [1.29, 1.82) is 5.26 Å². The molecule has 1 N–H and O–H groups in total. The highest BCUT2D eigenvalue weighted by Crippen LogP contribution is 2.27. The Morgan fingerprint density at radius 3 is 3.05 bits per heavy atom. The van der Waals surface area contributed by atoms with E-state index in [0.717, 1.165) is 31.7 Å². The maximum atomic E-state index is 10.8. The average molecular weight is 274 g/mol. The summed E-state index contributed by atoms with van der Waals surface area (Å²) in [6.07, 6.45) is 2.29. The zero-order chi connectivity index (χ0) is 14.5. The van der Waals surface area contributed by atoms with Crippen LogP contribution in [0.3, 0.4) is 0 Å². The number of nitro benzene ring substituents is 1. The lowest BCUT2D eigenvalue weighted by atomic mass is 9.97. The van der Waals surface area contributed by atoms with Gasteiger partial charge in [0.2, 0.25) is 0 Å². The zero-order valence-corrected chi connectivity index (χ0v) is 11.5. The highest BCUT2D eigenvalue weighted by molar-refractivity contribution is 5.60. The predicted molar refractivity (Wildman–Crippen MR) is 76.7 cm³/mol. The Morgan fingerprint density at radius 2 is 2.40 bits per heavy atom. The summed E-state index contributed by atoms with van der Waals surface area (Å²) in [6, 6.07) is 6.70. The van der Waals surface area contributed by atoms with E-state index in [9.17, 15) is 10.1 Å². The van der Waals surface area contributed by atoms with Crippen LogP contribution >= 0.6 is 0 Å². The molecule has 2 rings (SSSR count). The molecule has 106 valence electrons. The van der Waals surface area contributed by atoms with E-state index in [0.29, 0.717) is 5.92 Å². The molecule has 1 aromatic rings. The van der Waals surface area contributed by atoms with E-state index >= 15 is 0 Å². The van der Waals surface area contributed by atoms with Crippen LogP contribution in [-0.4, -0.2) is 31.6 Å². The normalized spacial score (nSPS) is 18.6. The van der Waals surface area contributed by atoms with Gasteiger partial charge >= 0.3 is 0 Å². The van der Waals surface area contributed by atoms with Gasteiger partial charge < -0.3 is 10.2 Å². The van der Waals surface area contributed by atoms with Crippen molar-refractivity contribution >= 4 is 11.4 Å². The standard InChI is InChI=1S/C14H18N4O2/c1-16-9-11-3-2-6-17(10-11)13-4-5-14(18(19)20)12(7-13)8-15/h4-5,7,11,16H,2-3,6,9-10H2,1H3. The molecule has 1 heterocycles. The Kier molecular flexibility index (Phi) is 4.53. The summed E-state index contributed by atoms with van der Waals surface area (Å²) < 4.78 is 0. The summed E-state index contributed by atoms with van der Waals surface area (Å²) in [5.41, 5.74) is 0.899. The topological polar surface area (TPSA) is 82.2 Å². The third-order valence-electron chi connectivity index (χ3n) is 3.67. The first-order valence-corrected chi connectivity index (χ1v) is 6.73. The number of benzene rings is 1. The van der Waals surface area contributed by atoms with Crippen molar-refractivity contribution in [3.63, 3.8) is 0 Å². The number of nitrogens with zero attached hydrogens (tertiary/aromatic N) is 3. The molecule has 0 spiro atoms. The Balaban J connectivity index is 2.20. The number of anilines is 1. The van der Waals surface area contributed by atoms with Gasteiger partial charge in [-0.15, -0.1) is 0 Å². The van der Waals surface area contributed by atoms with Crippen LogP contribution in [0.15, 0.2) is 18.2 Å². The molecule has 20 heavy (non-hydrogen) atoms. The quantitative estimate of drug-likeness (QED) is 0.670. The lowest BCUT2D eigenvalue weighted by Crippen LogP contribution is -2.39. The fourth-order valence-electron chi connectivity index (χ4n) is 2.72. The molecule has 1 aromatic carbocycles. The Labute approximate surface area is 118 Å². The molecule has 0 aromatic heterocycles. The summed E-state index contributed by atoms with van der Waals surface area (Å²) in [5, 5.41) is 23.1. The smallest absolute Gasteiger partial charge is 0.287 e. The highest BCUT2D eigenvalue weighted by atomic mass is 16.6. The van der Waals surface area contributed by atoms with Crippen molar-refractivity contribution in [1.82, 2.24) is 5.32 Å². The molecule has 6 nitrogen and oxygen atoms in total. The molecule has 1 fully saturated rings. The van der Waals surface area contributed by atoms with Gasteiger partial charge in [-0.3, -0.25) is 10.1 Å². The van der Waals surface area contributed by atoms with Gasteiger partial charge in [-0.1, -0.05) is 0 Å². The first-order chi connectivity index (χ1) is 9.65. The summed E-state index contributed by atoms with van der Waals surface area (Å²) in [6.45, 7) is 2.82. The molecule has 1 saturated heterocycles. The average Bonchev–Trinajstić information content (AvgIpc) is 2.47. The van der Waals surface area contributed by atoms with Gasteiger partial charge in [0.05, 0.1) is 4.92 Å². The minimum atomic E-state index is -0.512. The fourth-order valence-corrected chi connectivity index (χ4v) is 2.72. The molecule has 1 unspecified atom stereocenters. The van der Waals surface area contributed by atoms with Crippen LogP contribution in [-0.2, 0) is 0 Å². The molecule has 1 aliphatic heterocycles. The third kappa shape index (κ3) is 3.06. The second kappa shape index (κ2) is 6.35. The molecular weight excluding hydrogens is 256 g/mol. The number of nitro groups is 1. The van der Waals surface area contributed by atoms with E-state index in [4.69, 9.17) is 5.26 Å². The molecule has 1 aliphatic rings. The van der Waals surface area contributed by atoms with Crippen molar-refractivity contribution in [3.8, 4) is 6.07 Å². The number of nitrogens with one attached hydrogen (secondary N) is 1. The number of hydrogen-bond donors (Lipinski definition) is 1. The molecule has 0 bridgehead atoms. The first-order valence-electron chi connectivity index (χ1n) is 6.73. The lowest BCUT2D eigenvalue weighted by molar-refractivity contribution is -0.385. The second-order valence-corrected chi connectivity index (χ2v) is 5.08. The molecule has 0 radical (unpaired) electrons. The minimum absolute atomic E-state index is 0.125. The molecule has 0 amide bonds. The van der Waals surface area contributed by atoms with Crippen molar-refractivity contribution in [3.05, 3.63) is 33.9 Å². The monoisotopic (exact) mass is 274 g/mol. The van der Waals surface area contributed by atoms with Crippen LogP contribution in [0.1, 0.15) is 18.4 Å². The van der Waals surface area contributed by atoms with E-state index in [1.165, 1.54) is 12.5 Å². The van der Waals surface area contributed by atoms with E-state index in [2.05, 4.69) is 10.2 Å². The van der Waals surface area contributed by atoms with E-state index < -0.39 is 4.92 Å². The Morgan fingerprint density at radius 1 is 1.60 bits per heavy atom. The van der Waals surface area contributed by atoms with Gasteiger partial charge in [0.15, 0.2) is 0 Å². The third-order valence-corrected chi connectivity index (χ3v) is 3.67. The zero-order valence-electron chi connectivity index (χ0n) is 11.5. The maximum absolute atomic E-state index is 10.8. The van der Waals surface area contributed by atoms with Gasteiger partial charge in [0.25, 0.3) is 5.69 Å². The van der Waals surface area contributed by atoms with E-state index in [1.807, 2.05) is 13.1 Å². The number of rotatable bonds is 4. The van der Waals surface area contributed by atoms with Gasteiger partial charge in [0.1, 0.15) is 11.6 Å². The molecular formula is C14H18N4O2. The maximum Gasteiger partial charge on any atom is 0.287 e. The van der Waals surface area contributed by atoms with Crippen LogP contribution in [0.5, 0.6) is 0 Å². The molecule has 1 atom stereocenters. The number of nitriles is 1. The van der Waals surface area contributed by atoms with Crippen molar-refractivity contribution in [2.75, 3.05) is 31.6 Å². The molecule has 0 saturated carbocycles. The van der Waals surface area contributed by atoms with Crippen molar-refractivity contribution in [2.24, 2.45) is 5.92 Å². The van der Waals surface area contributed by atoms with Gasteiger partial charge in [-0.05, 0) is 44.5 Å². The summed E-state index contributed by atoms with van der Waals surface area (Å²) >= 11 is 0. The molecule has 0 aliphatic carbocycles. The highest BCUT2D eigenvalue weighted by Gasteiger charge is 2.21. The largest absolute Gasteiger partial charge is 0.371 e. The van der Waals surface area contributed by atoms with Crippen molar-refractivity contribution in [2.45, 2.75) is 12.8 Å². The minimum Gasteiger partial charge on any atom is -0.371 e. The van der Waals surface area contributed by atoms with E-state index in [-0.39, 0.29) is 11.3 Å². The SMILES string of the molecule is CNCC1CCCN(c2ccc([N+](=O)[O-])c(C#N)c2)C1.